The molecule has 4 aliphatic rings. The van der Waals surface area contributed by atoms with E-state index in [0.717, 1.165) is 38.5 Å². The number of carbonyl (C=O) groups excluding carboxylic acids is 6. The van der Waals surface area contributed by atoms with Crippen LogP contribution in [0, 0.1) is 34.5 Å². The fourth-order valence-electron chi connectivity index (χ4n) is 7.03. The number of nitrogens with one attached hydrogen (secondary N) is 3. The molecule has 4 fully saturated rings. The first kappa shape index (κ1) is 33.7. The number of carbonyl (C=O) groups is 6. The van der Waals surface area contributed by atoms with Gasteiger partial charge >= 0.3 is 12.0 Å². The molecule has 4 rings (SSSR count). The van der Waals surface area contributed by atoms with E-state index in [1.54, 1.807) is 0 Å². The Morgan fingerprint density at radius 3 is 2.09 bits per heavy atom. The van der Waals surface area contributed by atoms with Gasteiger partial charge in [-0.25, -0.2) is 9.59 Å². The molecule has 12 heteroatoms. The number of primary amides is 1. The van der Waals surface area contributed by atoms with Crippen molar-refractivity contribution in [3.8, 4) is 0 Å². The lowest BCUT2D eigenvalue weighted by molar-refractivity contribution is -0.152. The second-order valence-corrected chi connectivity index (χ2v) is 15.3. The van der Waals surface area contributed by atoms with Crippen LogP contribution in [0.25, 0.3) is 0 Å². The highest BCUT2D eigenvalue weighted by atomic mass is 16.5. The summed E-state index contributed by atoms with van der Waals surface area (Å²) in [6.07, 6.45) is 5.65. The summed E-state index contributed by atoms with van der Waals surface area (Å²) in [5, 5.41) is 8.27. The molecule has 0 aromatic rings. The predicted molar refractivity (Wildman–Crippen MR) is 162 cm³/mol. The number of hydrogen-bond donors (Lipinski definition) is 4. The molecule has 5 N–H and O–H groups in total. The van der Waals surface area contributed by atoms with Gasteiger partial charge in [0, 0.05) is 6.54 Å². The van der Waals surface area contributed by atoms with Crippen molar-refractivity contribution >= 4 is 35.5 Å². The molecular formula is C32H51N5O7. The summed E-state index contributed by atoms with van der Waals surface area (Å²) >= 11 is 0. The van der Waals surface area contributed by atoms with Crippen LogP contribution in [-0.4, -0.2) is 77.2 Å². The van der Waals surface area contributed by atoms with Gasteiger partial charge in [-0.3, -0.25) is 19.2 Å². The molecule has 3 aliphatic carbocycles. The number of nitrogens with two attached hydrogens (primary N) is 1. The van der Waals surface area contributed by atoms with Crippen molar-refractivity contribution in [1.29, 1.82) is 0 Å². The molecule has 0 spiro atoms. The molecule has 44 heavy (non-hydrogen) atoms. The zero-order valence-corrected chi connectivity index (χ0v) is 27.2. The maximum absolute atomic E-state index is 14.2. The van der Waals surface area contributed by atoms with Crippen LogP contribution in [0.5, 0.6) is 0 Å². The largest absolute Gasteiger partial charge is 0.461 e. The SMILES string of the molecule is CC(C)[C@H](NC(=O)N[C@H](C(=O)N1C[C@H]2[C@@H]([C@H]1C(=O)NC(CC1CC1)C(=O)C(N)=O)C2(C)C)C(C)(C)C)C(=O)OC1CCCC1. The first-order chi connectivity index (χ1) is 20.4. The third kappa shape index (κ3) is 7.37. The number of ketones is 1. The predicted octanol–water partition coefficient (Wildman–Crippen LogP) is 2.03. The highest BCUT2D eigenvalue weighted by Crippen LogP contribution is 2.65. The summed E-state index contributed by atoms with van der Waals surface area (Å²) in [6, 6.07) is -4.50. The number of amides is 5. The van der Waals surface area contributed by atoms with E-state index < -0.39 is 65.1 Å². The second-order valence-electron chi connectivity index (χ2n) is 15.3. The molecule has 0 radical (unpaired) electrons. The average Bonchev–Trinajstić information content (AvgIpc) is 3.63. The quantitative estimate of drug-likeness (QED) is 0.191. The summed E-state index contributed by atoms with van der Waals surface area (Å²) in [5.41, 5.74) is 4.35. The Morgan fingerprint density at radius 1 is 0.955 bits per heavy atom. The van der Waals surface area contributed by atoms with Crippen LogP contribution in [-0.2, 0) is 28.7 Å². The van der Waals surface area contributed by atoms with Gasteiger partial charge in [0.15, 0.2) is 0 Å². The number of rotatable bonds is 12. The molecule has 1 saturated heterocycles. The van der Waals surface area contributed by atoms with E-state index in [1.807, 2.05) is 48.5 Å². The van der Waals surface area contributed by atoms with Gasteiger partial charge in [-0.15, -0.1) is 0 Å². The summed E-state index contributed by atoms with van der Waals surface area (Å²) in [4.78, 5) is 80.0. The maximum Gasteiger partial charge on any atom is 0.329 e. The van der Waals surface area contributed by atoms with E-state index in [1.165, 1.54) is 4.90 Å². The Bertz CT molecular complexity index is 1170. The Hall–Kier alpha value is -3.18. The van der Waals surface area contributed by atoms with Crippen molar-refractivity contribution in [2.45, 2.75) is 124 Å². The zero-order valence-electron chi connectivity index (χ0n) is 27.2. The number of likely N-dealkylation sites (tertiary alicyclic amines) is 1. The molecular weight excluding hydrogens is 566 g/mol. The van der Waals surface area contributed by atoms with Crippen molar-refractivity contribution in [3.63, 3.8) is 0 Å². The maximum atomic E-state index is 14.2. The van der Waals surface area contributed by atoms with Crippen molar-refractivity contribution < 1.29 is 33.5 Å². The first-order valence-corrected chi connectivity index (χ1v) is 16.2. The van der Waals surface area contributed by atoms with Gasteiger partial charge in [0.2, 0.25) is 17.6 Å². The Labute approximate surface area is 260 Å². The topological polar surface area (TPSA) is 177 Å². The number of fused-ring (bicyclic) bond motifs is 1. The van der Waals surface area contributed by atoms with Crippen LogP contribution in [0.4, 0.5) is 4.79 Å². The lowest BCUT2D eigenvalue weighted by Crippen LogP contribution is -2.62. The number of hydrogen-bond acceptors (Lipinski definition) is 7. The number of nitrogens with zero attached hydrogens (tertiary/aromatic N) is 1. The second kappa shape index (κ2) is 12.7. The van der Waals surface area contributed by atoms with E-state index in [4.69, 9.17) is 10.5 Å². The zero-order chi connectivity index (χ0) is 32.7. The third-order valence-electron chi connectivity index (χ3n) is 10.1. The molecule has 12 nitrogen and oxygen atoms in total. The Balaban J connectivity index is 1.49. The van der Waals surface area contributed by atoms with E-state index in [2.05, 4.69) is 16.0 Å². The average molecular weight is 618 g/mol. The minimum atomic E-state index is -1.10. The molecule has 1 aliphatic heterocycles. The van der Waals surface area contributed by atoms with Crippen LogP contribution >= 0.6 is 0 Å². The number of urea groups is 1. The molecule has 0 aromatic heterocycles. The Kier molecular flexibility index (Phi) is 9.71. The molecule has 1 heterocycles. The lowest BCUT2D eigenvalue weighted by atomic mass is 9.85. The van der Waals surface area contributed by atoms with E-state index >= 15 is 0 Å². The fraction of sp³-hybridized carbons (Fsp3) is 0.812. The van der Waals surface area contributed by atoms with Crippen molar-refractivity contribution in [3.05, 3.63) is 0 Å². The molecule has 5 amide bonds. The Morgan fingerprint density at radius 2 is 1.57 bits per heavy atom. The number of esters is 1. The van der Waals surface area contributed by atoms with Gasteiger partial charge in [-0.2, -0.15) is 0 Å². The lowest BCUT2D eigenvalue weighted by Gasteiger charge is -2.38. The summed E-state index contributed by atoms with van der Waals surface area (Å²) in [7, 11) is 0. The molecule has 246 valence electrons. The smallest absolute Gasteiger partial charge is 0.329 e. The summed E-state index contributed by atoms with van der Waals surface area (Å²) < 4.78 is 5.65. The van der Waals surface area contributed by atoms with E-state index in [9.17, 15) is 28.8 Å². The summed E-state index contributed by atoms with van der Waals surface area (Å²) in [6.45, 7) is 13.5. The van der Waals surface area contributed by atoms with Gasteiger partial charge in [0.1, 0.15) is 24.2 Å². The van der Waals surface area contributed by atoms with Crippen molar-refractivity contribution in [2.24, 2.45) is 40.2 Å². The number of piperidine rings is 1. The van der Waals surface area contributed by atoms with Crippen molar-refractivity contribution in [1.82, 2.24) is 20.9 Å². The van der Waals surface area contributed by atoms with Gasteiger partial charge in [0.05, 0.1) is 6.04 Å². The monoisotopic (exact) mass is 617 g/mol. The van der Waals surface area contributed by atoms with Crippen LogP contribution in [0.2, 0.25) is 0 Å². The van der Waals surface area contributed by atoms with Crippen molar-refractivity contribution in [2.75, 3.05) is 6.54 Å². The minimum Gasteiger partial charge on any atom is -0.461 e. The van der Waals surface area contributed by atoms with E-state index in [-0.39, 0.29) is 35.2 Å². The van der Waals surface area contributed by atoms with Crippen LogP contribution in [0.3, 0.4) is 0 Å². The minimum absolute atomic E-state index is 0.0704. The van der Waals surface area contributed by atoms with Gasteiger partial charge in [0.25, 0.3) is 5.91 Å². The highest BCUT2D eigenvalue weighted by molar-refractivity contribution is 6.37. The molecule has 3 saturated carbocycles. The van der Waals surface area contributed by atoms with Gasteiger partial charge in [-0.05, 0) is 66.6 Å². The fourth-order valence-corrected chi connectivity index (χ4v) is 7.03. The number of Topliss-reactive ketones (excluding diaryl/α,β-unsaturated/α-hetero) is 1. The highest BCUT2D eigenvalue weighted by Gasteiger charge is 2.70. The molecule has 6 atom stereocenters. The first-order valence-electron chi connectivity index (χ1n) is 16.2. The molecule has 0 aromatic carbocycles. The molecule has 1 unspecified atom stereocenters. The van der Waals surface area contributed by atoms with Crippen LogP contribution in [0.15, 0.2) is 0 Å². The summed E-state index contributed by atoms with van der Waals surface area (Å²) in [5.74, 6) is -3.43. The van der Waals surface area contributed by atoms with E-state index in [0.29, 0.717) is 13.0 Å². The number of ether oxygens (including phenoxy) is 1. The third-order valence-corrected chi connectivity index (χ3v) is 10.1. The normalized spacial score (nSPS) is 26.3. The van der Waals surface area contributed by atoms with Crippen LogP contribution < -0.4 is 21.7 Å². The molecule has 0 bridgehead atoms. The van der Waals surface area contributed by atoms with Gasteiger partial charge < -0.3 is 31.3 Å². The van der Waals surface area contributed by atoms with Gasteiger partial charge in [-0.1, -0.05) is 61.3 Å². The van der Waals surface area contributed by atoms with Crippen LogP contribution in [0.1, 0.15) is 93.4 Å². The standard InChI is InChI=1S/C32H51N5O7/c1-16(2)22(29(42)44-18-10-8-9-11-18)35-30(43)36-25(31(3,4)5)28(41)37-15-19-21(32(19,6)7)23(37)27(40)34-20(14-17-12-13-17)24(38)26(33)39/h16-23,25H,8-15H2,1-7H3,(H2,33,39)(H,34,40)(H2,35,36,43)/t19-,20?,21-,22-,23-,25+/m0/s1.